The predicted molar refractivity (Wildman–Crippen MR) is 65.2 cm³/mol. The second kappa shape index (κ2) is 4.19. The van der Waals surface area contributed by atoms with Crippen LogP contribution in [0.25, 0.3) is 0 Å². The molecule has 0 saturated carbocycles. The van der Waals surface area contributed by atoms with Gasteiger partial charge in [-0.3, -0.25) is 4.31 Å². The van der Waals surface area contributed by atoms with Crippen molar-refractivity contribution in [1.29, 1.82) is 0 Å². The van der Waals surface area contributed by atoms with Crippen molar-refractivity contribution >= 4 is 16.7 Å². The highest BCUT2D eigenvalue weighted by atomic mass is 32.2. The average Bonchev–Trinajstić information content (AvgIpc) is 2.25. The molecule has 3 heteroatoms. The molecule has 1 aromatic rings. The van der Waals surface area contributed by atoms with E-state index in [2.05, 4.69) is 13.8 Å². The Morgan fingerprint density at radius 3 is 2.47 bits per heavy atom. The van der Waals surface area contributed by atoms with Crippen LogP contribution in [0.15, 0.2) is 41.5 Å². The van der Waals surface area contributed by atoms with E-state index in [1.807, 2.05) is 34.6 Å². The lowest BCUT2D eigenvalue weighted by molar-refractivity contribution is 0.679. The first kappa shape index (κ1) is 10.4. The van der Waals surface area contributed by atoms with Crippen molar-refractivity contribution in [2.75, 3.05) is 16.6 Å². The topological polar surface area (TPSA) is 20.3 Å². The third-order valence-electron chi connectivity index (χ3n) is 2.74. The summed E-state index contributed by atoms with van der Waals surface area (Å²) in [7, 11) is -0.904. The molecule has 0 amide bonds. The molecule has 0 radical (unpaired) electrons. The quantitative estimate of drug-likeness (QED) is 0.667. The summed E-state index contributed by atoms with van der Waals surface area (Å²) in [6.45, 7) is 4.96. The van der Waals surface area contributed by atoms with Gasteiger partial charge in [-0.2, -0.15) is 0 Å². The van der Waals surface area contributed by atoms with Crippen molar-refractivity contribution in [2.45, 2.75) is 13.8 Å². The van der Waals surface area contributed by atoms with Crippen LogP contribution in [0.3, 0.4) is 0 Å². The van der Waals surface area contributed by atoms with Crippen LogP contribution >= 0.6 is 0 Å². The number of anilines is 1. The van der Waals surface area contributed by atoms with E-state index in [-0.39, 0.29) is 0 Å². The fraction of sp³-hybridized carbons (Fsp3) is 0.333. The number of benzene rings is 1. The zero-order chi connectivity index (χ0) is 10.8. The monoisotopic (exact) mass is 221 g/mol. The standard InChI is InChI=1S/C12H15NOS/c1-10-8-13(15(14)9-11(10)2)12-6-4-3-5-7-12/h3-7H,8-9H2,1-2H3. The van der Waals surface area contributed by atoms with Gasteiger partial charge in [0.25, 0.3) is 0 Å². The Bertz CT molecular complexity index is 411. The largest absolute Gasteiger partial charge is 0.287 e. The van der Waals surface area contributed by atoms with Crippen molar-refractivity contribution in [2.24, 2.45) is 0 Å². The van der Waals surface area contributed by atoms with Gasteiger partial charge >= 0.3 is 0 Å². The molecule has 0 N–H and O–H groups in total. The Balaban J connectivity index is 2.29. The van der Waals surface area contributed by atoms with Crippen LogP contribution in [0.5, 0.6) is 0 Å². The summed E-state index contributed by atoms with van der Waals surface area (Å²) in [6.07, 6.45) is 0. The maximum atomic E-state index is 12.0. The molecular weight excluding hydrogens is 206 g/mol. The Hall–Kier alpha value is -1.09. The number of para-hydroxylation sites is 1. The zero-order valence-corrected chi connectivity index (χ0v) is 9.88. The maximum Gasteiger partial charge on any atom is 0.124 e. The van der Waals surface area contributed by atoms with Gasteiger partial charge in [-0.15, -0.1) is 0 Å². The molecule has 0 spiro atoms. The summed E-state index contributed by atoms with van der Waals surface area (Å²) in [5.74, 6) is 0.667. The van der Waals surface area contributed by atoms with Crippen LogP contribution in [0, 0.1) is 0 Å². The molecule has 2 rings (SSSR count). The first-order chi connectivity index (χ1) is 7.18. The molecule has 0 aromatic heterocycles. The lowest BCUT2D eigenvalue weighted by Gasteiger charge is -2.29. The Morgan fingerprint density at radius 2 is 1.80 bits per heavy atom. The summed E-state index contributed by atoms with van der Waals surface area (Å²) in [5.41, 5.74) is 3.64. The lowest BCUT2D eigenvalue weighted by Crippen LogP contribution is -2.34. The SMILES string of the molecule is CC1=C(C)CS(=O)N(c2ccccc2)C1. The lowest BCUT2D eigenvalue weighted by atomic mass is 10.1. The molecule has 1 atom stereocenters. The van der Waals surface area contributed by atoms with Crippen LogP contribution in [0.1, 0.15) is 13.8 Å². The summed E-state index contributed by atoms with van der Waals surface area (Å²) in [6, 6.07) is 9.95. The van der Waals surface area contributed by atoms with Gasteiger partial charge in [-0.05, 0) is 26.0 Å². The van der Waals surface area contributed by atoms with Gasteiger partial charge in [0.2, 0.25) is 0 Å². The van der Waals surface area contributed by atoms with E-state index in [4.69, 9.17) is 0 Å². The fourth-order valence-corrected chi connectivity index (χ4v) is 3.08. The van der Waals surface area contributed by atoms with E-state index < -0.39 is 11.0 Å². The van der Waals surface area contributed by atoms with Crippen molar-refractivity contribution in [1.82, 2.24) is 0 Å². The van der Waals surface area contributed by atoms with Gasteiger partial charge in [-0.25, -0.2) is 4.21 Å². The summed E-state index contributed by atoms with van der Waals surface area (Å²) >= 11 is 0. The molecule has 0 saturated heterocycles. The normalized spacial score (nSPS) is 22.0. The van der Waals surface area contributed by atoms with Crippen LogP contribution < -0.4 is 4.31 Å². The van der Waals surface area contributed by atoms with E-state index in [0.717, 1.165) is 12.2 Å². The maximum absolute atomic E-state index is 12.0. The van der Waals surface area contributed by atoms with Crippen molar-refractivity contribution < 1.29 is 4.21 Å². The van der Waals surface area contributed by atoms with Crippen molar-refractivity contribution in [3.8, 4) is 0 Å². The number of rotatable bonds is 1. The zero-order valence-electron chi connectivity index (χ0n) is 9.06. The molecule has 0 fully saturated rings. The van der Waals surface area contributed by atoms with Gasteiger partial charge in [0, 0.05) is 5.69 Å². The minimum Gasteiger partial charge on any atom is -0.287 e. The van der Waals surface area contributed by atoms with Gasteiger partial charge in [0.15, 0.2) is 0 Å². The van der Waals surface area contributed by atoms with Gasteiger partial charge in [0.1, 0.15) is 11.0 Å². The average molecular weight is 221 g/mol. The van der Waals surface area contributed by atoms with Crippen LogP contribution in [0.2, 0.25) is 0 Å². The second-order valence-electron chi connectivity index (χ2n) is 3.90. The number of hydrogen-bond donors (Lipinski definition) is 0. The molecule has 0 aliphatic carbocycles. The Morgan fingerprint density at radius 1 is 1.13 bits per heavy atom. The molecule has 15 heavy (non-hydrogen) atoms. The van der Waals surface area contributed by atoms with Gasteiger partial charge < -0.3 is 0 Å². The van der Waals surface area contributed by atoms with E-state index in [0.29, 0.717) is 5.75 Å². The minimum absolute atomic E-state index is 0.667. The molecule has 1 aromatic carbocycles. The summed E-state index contributed by atoms with van der Waals surface area (Å²) < 4.78 is 13.9. The van der Waals surface area contributed by atoms with E-state index in [9.17, 15) is 4.21 Å². The smallest absolute Gasteiger partial charge is 0.124 e. The molecule has 2 nitrogen and oxygen atoms in total. The minimum atomic E-state index is -0.904. The van der Waals surface area contributed by atoms with E-state index in [1.54, 1.807) is 0 Å². The van der Waals surface area contributed by atoms with Crippen LogP contribution in [0.4, 0.5) is 5.69 Å². The molecule has 0 bridgehead atoms. The number of hydrogen-bond acceptors (Lipinski definition) is 1. The molecular formula is C12H15NOS. The van der Waals surface area contributed by atoms with Crippen LogP contribution in [-0.2, 0) is 11.0 Å². The van der Waals surface area contributed by atoms with Gasteiger partial charge in [0.05, 0.1) is 12.3 Å². The first-order valence-corrected chi connectivity index (χ1v) is 6.32. The highest BCUT2D eigenvalue weighted by molar-refractivity contribution is 7.86. The third kappa shape index (κ3) is 2.12. The summed E-state index contributed by atoms with van der Waals surface area (Å²) in [5, 5.41) is 0. The molecule has 1 heterocycles. The number of nitrogens with zero attached hydrogens (tertiary/aromatic N) is 1. The third-order valence-corrected chi connectivity index (χ3v) is 4.25. The highest BCUT2D eigenvalue weighted by Crippen LogP contribution is 2.23. The van der Waals surface area contributed by atoms with Gasteiger partial charge in [-0.1, -0.05) is 29.3 Å². The highest BCUT2D eigenvalue weighted by Gasteiger charge is 2.20. The second-order valence-corrected chi connectivity index (χ2v) is 5.27. The van der Waals surface area contributed by atoms with E-state index >= 15 is 0 Å². The van der Waals surface area contributed by atoms with Crippen molar-refractivity contribution in [3.63, 3.8) is 0 Å². The predicted octanol–water partition coefficient (Wildman–Crippen LogP) is 2.51. The summed E-state index contributed by atoms with van der Waals surface area (Å²) in [4.78, 5) is 0. The van der Waals surface area contributed by atoms with E-state index in [1.165, 1.54) is 11.1 Å². The Labute approximate surface area is 93.2 Å². The molecule has 1 aliphatic heterocycles. The van der Waals surface area contributed by atoms with Crippen LogP contribution in [-0.4, -0.2) is 16.5 Å². The fourth-order valence-electron chi connectivity index (χ4n) is 1.61. The Kier molecular flexibility index (Phi) is 2.91. The molecule has 1 aliphatic rings. The molecule has 80 valence electrons. The molecule has 1 unspecified atom stereocenters. The first-order valence-electron chi connectivity index (χ1n) is 5.05. The van der Waals surface area contributed by atoms with Crippen molar-refractivity contribution in [3.05, 3.63) is 41.5 Å².